The molecule has 100 valence electrons. The lowest BCUT2D eigenvalue weighted by Crippen LogP contribution is -1.89. The van der Waals surface area contributed by atoms with E-state index in [-0.39, 0.29) is 0 Å². The van der Waals surface area contributed by atoms with Crippen LogP contribution in [0.3, 0.4) is 0 Å². The van der Waals surface area contributed by atoms with Crippen LogP contribution in [-0.2, 0) is 0 Å². The highest BCUT2D eigenvalue weighted by Crippen LogP contribution is 2.11. The minimum atomic E-state index is 0.872. The molecular formula is C17H32. The van der Waals surface area contributed by atoms with Gasteiger partial charge in [0.15, 0.2) is 0 Å². The quantitative estimate of drug-likeness (QED) is 0.309. The average Bonchev–Trinajstić information content (AvgIpc) is 2.33. The van der Waals surface area contributed by atoms with Crippen LogP contribution < -0.4 is 0 Å². The molecule has 0 aromatic rings. The van der Waals surface area contributed by atoms with Gasteiger partial charge < -0.3 is 0 Å². The Bertz CT molecular complexity index is 210. The molecular weight excluding hydrogens is 204 g/mol. The summed E-state index contributed by atoms with van der Waals surface area (Å²) in [5.74, 6) is 0.872. The van der Waals surface area contributed by atoms with E-state index in [4.69, 9.17) is 0 Å². The van der Waals surface area contributed by atoms with Crippen molar-refractivity contribution in [3.05, 3.63) is 23.8 Å². The van der Waals surface area contributed by atoms with Crippen molar-refractivity contribution >= 4 is 0 Å². The Hall–Kier alpha value is -0.520. The Balaban J connectivity index is 3.57. The molecule has 1 atom stereocenters. The number of allylic oxidation sites excluding steroid dienone is 4. The molecule has 0 aliphatic heterocycles. The molecule has 0 saturated carbocycles. The second kappa shape index (κ2) is 12.0. The fourth-order valence-corrected chi connectivity index (χ4v) is 1.83. The first-order chi connectivity index (χ1) is 8.20. The standard InChI is InChI=1S/C17H32/c1-5-7-8-9-10-11-13-17(4)15-12-14-16(3)6-2/h11,13,15-16H,5-10,12,14H2,1-4H3. The lowest BCUT2D eigenvalue weighted by atomic mass is 10.0. The monoisotopic (exact) mass is 236 g/mol. The molecule has 0 nitrogen and oxygen atoms in total. The van der Waals surface area contributed by atoms with E-state index in [1.807, 2.05) is 0 Å². The third kappa shape index (κ3) is 11.7. The van der Waals surface area contributed by atoms with Gasteiger partial charge in [0.05, 0.1) is 0 Å². The summed E-state index contributed by atoms with van der Waals surface area (Å²) in [5.41, 5.74) is 1.43. The van der Waals surface area contributed by atoms with E-state index < -0.39 is 0 Å². The fourth-order valence-electron chi connectivity index (χ4n) is 1.83. The van der Waals surface area contributed by atoms with Crippen molar-refractivity contribution in [2.75, 3.05) is 0 Å². The number of rotatable bonds is 10. The normalized spacial score (nSPS) is 14.5. The van der Waals surface area contributed by atoms with Gasteiger partial charge in [0.1, 0.15) is 0 Å². The lowest BCUT2D eigenvalue weighted by Gasteiger charge is -2.04. The molecule has 0 heteroatoms. The molecule has 0 bridgehead atoms. The summed E-state index contributed by atoms with van der Waals surface area (Å²) in [6.45, 7) is 9.10. The van der Waals surface area contributed by atoms with E-state index in [2.05, 4.69) is 45.9 Å². The van der Waals surface area contributed by atoms with Crippen molar-refractivity contribution in [1.82, 2.24) is 0 Å². The van der Waals surface area contributed by atoms with Gasteiger partial charge in [0.2, 0.25) is 0 Å². The SMILES string of the molecule is CCCCCCC=CC(C)=CCCC(C)CC. The van der Waals surface area contributed by atoms with Crippen LogP contribution in [0.2, 0.25) is 0 Å². The van der Waals surface area contributed by atoms with Crippen LogP contribution in [0.4, 0.5) is 0 Å². The van der Waals surface area contributed by atoms with Crippen molar-refractivity contribution in [3.63, 3.8) is 0 Å². The van der Waals surface area contributed by atoms with Crippen molar-refractivity contribution < 1.29 is 0 Å². The number of hydrogen-bond donors (Lipinski definition) is 0. The Morgan fingerprint density at radius 2 is 1.82 bits per heavy atom. The van der Waals surface area contributed by atoms with Gasteiger partial charge in [-0.2, -0.15) is 0 Å². The summed E-state index contributed by atoms with van der Waals surface area (Å²) >= 11 is 0. The summed E-state index contributed by atoms with van der Waals surface area (Å²) in [6.07, 6.45) is 17.6. The Kier molecular flexibility index (Phi) is 11.6. The van der Waals surface area contributed by atoms with Crippen molar-refractivity contribution in [2.45, 2.75) is 79.1 Å². The molecule has 1 unspecified atom stereocenters. The van der Waals surface area contributed by atoms with Crippen molar-refractivity contribution in [2.24, 2.45) is 5.92 Å². The van der Waals surface area contributed by atoms with E-state index in [1.54, 1.807) is 0 Å². The molecule has 0 N–H and O–H groups in total. The maximum Gasteiger partial charge on any atom is -0.0342 e. The zero-order chi connectivity index (χ0) is 12.9. The molecule has 0 fully saturated rings. The van der Waals surface area contributed by atoms with Crippen molar-refractivity contribution in [3.8, 4) is 0 Å². The Morgan fingerprint density at radius 1 is 1.06 bits per heavy atom. The van der Waals surface area contributed by atoms with Crippen molar-refractivity contribution in [1.29, 1.82) is 0 Å². The summed E-state index contributed by atoms with van der Waals surface area (Å²) in [6, 6.07) is 0. The van der Waals surface area contributed by atoms with E-state index in [0.717, 1.165) is 5.92 Å². The molecule has 0 saturated heterocycles. The van der Waals surface area contributed by atoms with E-state index in [9.17, 15) is 0 Å². The minimum Gasteiger partial charge on any atom is -0.0843 e. The largest absolute Gasteiger partial charge is 0.0843 e. The first kappa shape index (κ1) is 16.5. The molecule has 0 rings (SSSR count). The minimum absolute atomic E-state index is 0.872. The molecule has 0 aromatic heterocycles. The van der Waals surface area contributed by atoms with Crippen LogP contribution in [0.15, 0.2) is 23.8 Å². The number of unbranched alkanes of at least 4 members (excludes halogenated alkanes) is 4. The van der Waals surface area contributed by atoms with E-state index in [1.165, 1.54) is 56.9 Å². The van der Waals surface area contributed by atoms with Gasteiger partial charge >= 0.3 is 0 Å². The molecule has 0 aliphatic rings. The van der Waals surface area contributed by atoms with Crippen LogP contribution >= 0.6 is 0 Å². The average molecular weight is 236 g/mol. The fraction of sp³-hybridized carbons (Fsp3) is 0.765. The van der Waals surface area contributed by atoms with Gasteiger partial charge in [-0.25, -0.2) is 0 Å². The summed E-state index contributed by atoms with van der Waals surface area (Å²) in [4.78, 5) is 0. The topological polar surface area (TPSA) is 0 Å². The second-order valence-corrected chi connectivity index (χ2v) is 5.29. The Labute approximate surface area is 109 Å². The summed E-state index contributed by atoms with van der Waals surface area (Å²) in [5, 5.41) is 0. The summed E-state index contributed by atoms with van der Waals surface area (Å²) < 4.78 is 0. The third-order valence-corrected chi connectivity index (χ3v) is 3.43. The molecule has 0 heterocycles. The molecule has 0 aliphatic carbocycles. The zero-order valence-electron chi connectivity index (χ0n) is 12.5. The Morgan fingerprint density at radius 3 is 2.47 bits per heavy atom. The third-order valence-electron chi connectivity index (χ3n) is 3.43. The van der Waals surface area contributed by atoms with Crippen LogP contribution in [0.5, 0.6) is 0 Å². The predicted octanol–water partition coefficient (Wildman–Crippen LogP) is 6.29. The van der Waals surface area contributed by atoms with Crippen LogP contribution in [0.25, 0.3) is 0 Å². The highest BCUT2D eigenvalue weighted by atomic mass is 14.0. The number of hydrogen-bond acceptors (Lipinski definition) is 0. The van der Waals surface area contributed by atoms with Crippen LogP contribution in [-0.4, -0.2) is 0 Å². The van der Waals surface area contributed by atoms with Gasteiger partial charge in [-0.3, -0.25) is 0 Å². The van der Waals surface area contributed by atoms with Crippen LogP contribution in [0.1, 0.15) is 79.1 Å². The van der Waals surface area contributed by atoms with Gasteiger partial charge in [-0.15, -0.1) is 0 Å². The molecule has 0 amide bonds. The summed E-state index contributed by atoms with van der Waals surface area (Å²) in [7, 11) is 0. The van der Waals surface area contributed by atoms with Gasteiger partial charge in [0.25, 0.3) is 0 Å². The first-order valence-electron chi connectivity index (χ1n) is 7.54. The predicted molar refractivity (Wildman–Crippen MR) is 80.3 cm³/mol. The van der Waals surface area contributed by atoms with E-state index in [0.29, 0.717) is 0 Å². The van der Waals surface area contributed by atoms with Gasteiger partial charge in [-0.1, -0.05) is 70.3 Å². The maximum atomic E-state index is 2.38. The molecule has 17 heavy (non-hydrogen) atoms. The molecule has 0 spiro atoms. The molecule has 0 radical (unpaired) electrons. The first-order valence-corrected chi connectivity index (χ1v) is 7.54. The highest BCUT2D eigenvalue weighted by Gasteiger charge is 1.95. The van der Waals surface area contributed by atoms with Crippen LogP contribution in [0, 0.1) is 5.92 Å². The smallest absolute Gasteiger partial charge is 0.0342 e. The van der Waals surface area contributed by atoms with Gasteiger partial charge in [0, 0.05) is 0 Å². The molecule has 0 aromatic carbocycles. The zero-order valence-corrected chi connectivity index (χ0v) is 12.5. The second-order valence-electron chi connectivity index (χ2n) is 5.29. The lowest BCUT2D eigenvalue weighted by molar-refractivity contribution is 0.521. The van der Waals surface area contributed by atoms with Gasteiger partial charge in [-0.05, 0) is 38.5 Å². The highest BCUT2D eigenvalue weighted by molar-refractivity contribution is 5.15. The maximum absolute atomic E-state index is 2.38. The van der Waals surface area contributed by atoms with E-state index >= 15 is 0 Å².